The van der Waals surface area contributed by atoms with Crippen LogP contribution in [0.3, 0.4) is 0 Å². The molecule has 1 rings (SSSR count). The van der Waals surface area contributed by atoms with E-state index in [1.165, 1.54) is 7.11 Å². The van der Waals surface area contributed by atoms with Crippen molar-refractivity contribution in [3.8, 4) is 0 Å². The standard InChI is InChI=1S/C11H15NO2/c1-3-11(12,10(13)14-2)9-7-5-4-6-8-9/h4-8H,3,12H2,1-2H3/t11-/m0/s1. The minimum atomic E-state index is -1.02. The van der Waals surface area contributed by atoms with Crippen LogP contribution in [0.4, 0.5) is 0 Å². The molecule has 0 spiro atoms. The first-order valence-electron chi connectivity index (χ1n) is 4.58. The molecule has 0 radical (unpaired) electrons. The summed E-state index contributed by atoms with van der Waals surface area (Å²) in [4.78, 5) is 11.5. The Balaban J connectivity index is 3.08. The largest absolute Gasteiger partial charge is 0.467 e. The highest BCUT2D eigenvalue weighted by atomic mass is 16.5. The predicted octanol–water partition coefficient (Wildman–Crippen LogP) is 1.42. The Labute approximate surface area is 83.9 Å². The van der Waals surface area contributed by atoms with E-state index in [1.807, 2.05) is 37.3 Å². The molecule has 0 aliphatic rings. The van der Waals surface area contributed by atoms with Crippen LogP contribution >= 0.6 is 0 Å². The number of hydrogen-bond donors (Lipinski definition) is 1. The van der Waals surface area contributed by atoms with Crippen LogP contribution < -0.4 is 5.73 Å². The van der Waals surface area contributed by atoms with E-state index in [0.29, 0.717) is 6.42 Å². The molecule has 0 aromatic heterocycles. The molecule has 0 saturated heterocycles. The number of carbonyl (C=O) groups is 1. The zero-order valence-corrected chi connectivity index (χ0v) is 8.49. The van der Waals surface area contributed by atoms with Crippen molar-refractivity contribution in [2.75, 3.05) is 7.11 Å². The van der Waals surface area contributed by atoms with E-state index in [4.69, 9.17) is 10.5 Å². The maximum Gasteiger partial charge on any atom is 0.330 e. The van der Waals surface area contributed by atoms with E-state index in [-0.39, 0.29) is 0 Å². The Kier molecular flexibility index (Phi) is 3.25. The molecular weight excluding hydrogens is 178 g/mol. The lowest BCUT2D eigenvalue weighted by molar-refractivity contribution is -0.147. The monoisotopic (exact) mass is 193 g/mol. The number of benzene rings is 1. The van der Waals surface area contributed by atoms with Crippen molar-refractivity contribution in [1.29, 1.82) is 0 Å². The van der Waals surface area contributed by atoms with Gasteiger partial charge < -0.3 is 10.5 Å². The molecule has 3 nitrogen and oxygen atoms in total. The average molecular weight is 193 g/mol. The summed E-state index contributed by atoms with van der Waals surface area (Å²) in [6, 6.07) is 9.27. The first-order chi connectivity index (χ1) is 6.65. The van der Waals surface area contributed by atoms with Crippen LogP contribution in [0.5, 0.6) is 0 Å². The van der Waals surface area contributed by atoms with Gasteiger partial charge in [0.15, 0.2) is 0 Å². The van der Waals surface area contributed by atoms with Crippen LogP contribution in [-0.4, -0.2) is 13.1 Å². The van der Waals surface area contributed by atoms with Gasteiger partial charge in [0.25, 0.3) is 0 Å². The van der Waals surface area contributed by atoms with Crippen molar-refractivity contribution < 1.29 is 9.53 Å². The van der Waals surface area contributed by atoms with Gasteiger partial charge in [-0.1, -0.05) is 37.3 Å². The lowest BCUT2D eigenvalue weighted by atomic mass is 9.88. The zero-order chi connectivity index (χ0) is 10.6. The number of esters is 1. The van der Waals surface area contributed by atoms with E-state index in [1.54, 1.807) is 0 Å². The van der Waals surface area contributed by atoms with Gasteiger partial charge >= 0.3 is 5.97 Å². The predicted molar refractivity (Wildman–Crippen MR) is 54.6 cm³/mol. The van der Waals surface area contributed by atoms with Gasteiger partial charge in [0.2, 0.25) is 0 Å². The Morgan fingerprint density at radius 1 is 1.43 bits per heavy atom. The molecule has 1 aromatic rings. The van der Waals surface area contributed by atoms with Crippen molar-refractivity contribution in [2.24, 2.45) is 5.73 Å². The molecule has 2 N–H and O–H groups in total. The normalized spacial score (nSPS) is 14.5. The first-order valence-corrected chi connectivity index (χ1v) is 4.58. The molecule has 0 amide bonds. The zero-order valence-electron chi connectivity index (χ0n) is 8.49. The third kappa shape index (κ3) is 1.77. The van der Waals surface area contributed by atoms with Crippen LogP contribution in [0.25, 0.3) is 0 Å². The fraction of sp³-hybridized carbons (Fsp3) is 0.364. The summed E-state index contributed by atoms with van der Waals surface area (Å²) in [5, 5.41) is 0. The van der Waals surface area contributed by atoms with Gasteiger partial charge in [-0.05, 0) is 12.0 Å². The smallest absolute Gasteiger partial charge is 0.330 e. The van der Waals surface area contributed by atoms with Crippen LogP contribution in [0.2, 0.25) is 0 Å². The summed E-state index contributed by atoms with van der Waals surface area (Å²) in [6.45, 7) is 1.86. The summed E-state index contributed by atoms with van der Waals surface area (Å²) >= 11 is 0. The quantitative estimate of drug-likeness (QED) is 0.739. The number of methoxy groups -OCH3 is 1. The summed E-state index contributed by atoms with van der Waals surface area (Å²) < 4.78 is 4.70. The maximum atomic E-state index is 11.5. The van der Waals surface area contributed by atoms with E-state index in [2.05, 4.69) is 0 Å². The molecule has 0 bridgehead atoms. The number of hydrogen-bond acceptors (Lipinski definition) is 3. The number of ether oxygens (including phenoxy) is 1. The molecular formula is C11H15NO2. The van der Waals surface area contributed by atoms with Crippen molar-refractivity contribution >= 4 is 5.97 Å². The average Bonchev–Trinajstić information content (AvgIpc) is 2.28. The molecule has 1 atom stereocenters. The van der Waals surface area contributed by atoms with Gasteiger partial charge in [0.1, 0.15) is 5.54 Å². The van der Waals surface area contributed by atoms with Gasteiger partial charge in [-0.3, -0.25) is 0 Å². The fourth-order valence-corrected chi connectivity index (χ4v) is 1.38. The highest BCUT2D eigenvalue weighted by Gasteiger charge is 2.34. The third-order valence-corrected chi connectivity index (χ3v) is 2.40. The minimum Gasteiger partial charge on any atom is -0.467 e. The number of carbonyl (C=O) groups excluding carboxylic acids is 1. The second kappa shape index (κ2) is 4.24. The molecule has 76 valence electrons. The first kappa shape index (κ1) is 10.7. The molecule has 0 heterocycles. The van der Waals surface area contributed by atoms with E-state index in [9.17, 15) is 4.79 Å². The van der Waals surface area contributed by atoms with Gasteiger partial charge in [0.05, 0.1) is 7.11 Å². The van der Waals surface area contributed by atoms with Crippen molar-refractivity contribution in [3.05, 3.63) is 35.9 Å². The molecule has 0 fully saturated rings. The van der Waals surface area contributed by atoms with Crippen LogP contribution in [0.15, 0.2) is 30.3 Å². The number of nitrogens with two attached hydrogens (primary N) is 1. The van der Waals surface area contributed by atoms with Crippen LogP contribution in [0, 0.1) is 0 Å². The highest BCUT2D eigenvalue weighted by Crippen LogP contribution is 2.22. The third-order valence-electron chi connectivity index (χ3n) is 2.40. The summed E-state index contributed by atoms with van der Waals surface area (Å²) in [6.07, 6.45) is 0.518. The Morgan fingerprint density at radius 2 is 2.00 bits per heavy atom. The van der Waals surface area contributed by atoms with Gasteiger partial charge in [-0.25, -0.2) is 4.79 Å². The van der Waals surface area contributed by atoms with Gasteiger partial charge in [-0.2, -0.15) is 0 Å². The minimum absolute atomic E-state index is 0.397. The maximum absolute atomic E-state index is 11.5. The molecule has 0 aliphatic heterocycles. The topological polar surface area (TPSA) is 52.3 Å². The number of rotatable bonds is 3. The van der Waals surface area contributed by atoms with Gasteiger partial charge in [-0.15, -0.1) is 0 Å². The van der Waals surface area contributed by atoms with Crippen molar-refractivity contribution in [1.82, 2.24) is 0 Å². The molecule has 1 aromatic carbocycles. The Bertz CT molecular complexity index is 310. The highest BCUT2D eigenvalue weighted by molar-refractivity contribution is 5.82. The van der Waals surface area contributed by atoms with Crippen LogP contribution in [0.1, 0.15) is 18.9 Å². The second-order valence-corrected chi connectivity index (χ2v) is 3.18. The summed E-state index contributed by atoms with van der Waals surface area (Å²) in [5.41, 5.74) is 5.77. The van der Waals surface area contributed by atoms with Crippen molar-refractivity contribution in [2.45, 2.75) is 18.9 Å². The SMILES string of the molecule is CC[C@@](N)(C(=O)OC)c1ccccc1. The van der Waals surface area contributed by atoms with E-state index in [0.717, 1.165) is 5.56 Å². The molecule has 3 heteroatoms. The molecule has 14 heavy (non-hydrogen) atoms. The van der Waals surface area contributed by atoms with Gasteiger partial charge in [0, 0.05) is 0 Å². The lowest BCUT2D eigenvalue weighted by Crippen LogP contribution is -2.45. The fourth-order valence-electron chi connectivity index (χ4n) is 1.38. The van der Waals surface area contributed by atoms with E-state index < -0.39 is 11.5 Å². The summed E-state index contributed by atoms with van der Waals surface area (Å²) in [5.74, 6) is -0.397. The second-order valence-electron chi connectivity index (χ2n) is 3.18. The van der Waals surface area contributed by atoms with E-state index >= 15 is 0 Å². The Morgan fingerprint density at radius 3 is 2.43 bits per heavy atom. The van der Waals surface area contributed by atoms with Crippen LogP contribution in [-0.2, 0) is 15.1 Å². The Hall–Kier alpha value is -1.35. The molecule has 0 unspecified atom stereocenters. The molecule has 0 saturated carbocycles. The van der Waals surface area contributed by atoms with Crippen molar-refractivity contribution in [3.63, 3.8) is 0 Å². The molecule has 0 aliphatic carbocycles. The lowest BCUT2D eigenvalue weighted by Gasteiger charge is -2.25. The summed E-state index contributed by atoms with van der Waals surface area (Å²) in [7, 11) is 1.35.